The van der Waals surface area contributed by atoms with Crippen LogP contribution in [0.25, 0.3) is 0 Å². The van der Waals surface area contributed by atoms with Crippen LogP contribution in [0.4, 0.5) is 0 Å². The van der Waals surface area contributed by atoms with Crippen molar-refractivity contribution in [2.45, 2.75) is 23.2 Å². The molecule has 0 aliphatic carbocycles. The number of hydrogen-bond donors (Lipinski definition) is 1. The molecule has 1 aliphatic rings. The van der Waals surface area contributed by atoms with Crippen molar-refractivity contribution in [2.75, 3.05) is 0 Å². The van der Waals surface area contributed by atoms with Crippen LogP contribution in [0.3, 0.4) is 0 Å². The predicted octanol–water partition coefficient (Wildman–Crippen LogP) is 1.95. The topological polar surface area (TPSA) is 59.2 Å². The normalized spacial score (nSPS) is 18.7. The third-order valence-electron chi connectivity index (χ3n) is 2.55. The summed E-state index contributed by atoms with van der Waals surface area (Å²) in [6, 6.07) is 8.28. The molecule has 2 aromatic rings. The minimum absolute atomic E-state index is 0.173. The summed E-state index contributed by atoms with van der Waals surface area (Å²) < 4.78 is 5.13. The van der Waals surface area contributed by atoms with Crippen molar-refractivity contribution >= 4 is 11.8 Å². The maximum absolute atomic E-state index is 8.88. The van der Waals surface area contributed by atoms with Gasteiger partial charge in [0.1, 0.15) is 6.61 Å². The Morgan fingerprint density at radius 2 is 2.31 bits per heavy atom. The lowest BCUT2D eigenvalue weighted by atomic mass is 10.1. The van der Waals surface area contributed by atoms with Gasteiger partial charge in [0.25, 0.3) is 0 Å². The average Bonchev–Trinajstić information content (AvgIpc) is 2.95. The number of benzene rings is 1. The molecule has 82 valence electrons. The standard InChI is InChI=1S/C11H10N2O2S/c14-6-10-12-11(15-13-10)9-5-7-3-1-2-4-8(7)16-9/h1-4,9,14H,5-6H2. The summed E-state index contributed by atoms with van der Waals surface area (Å²) in [6.07, 6.45) is 0.911. The van der Waals surface area contributed by atoms with Crippen LogP contribution in [0.2, 0.25) is 0 Å². The molecule has 0 radical (unpaired) electrons. The Labute approximate surface area is 96.7 Å². The zero-order chi connectivity index (χ0) is 11.0. The minimum atomic E-state index is -0.173. The maximum Gasteiger partial charge on any atom is 0.240 e. The van der Waals surface area contributed by atoms with Gasteiger partial charge in [0.2, 0.25) is 5.89 Å². The summed E-state index contributed by atoms with van der Waals surface area (Å²) in [6.45, 7) is -0.173. The van der Waals surface area contributed by atoms with Crippen molar-refractivity contribution in [3.63, 3.8) is 0 Å². The molecule has 0 fully saturated rings. The van der Waals surface area contributed by atoms with Gasteiger partial charge in [-0.05, 0) is 18.1 Å². The Morgan fingerprint density at radius 1 is 1.44 bits per heavy atom. The number of aliphatic hydroxyl groups is 1. The summed E-state index contributed by atoms with van der Waals surface area (Å²) in [7, 11) is 0. The van der Waals surface area contributed by atoms with E-state index < -0.39 is 0 Å². The molecular weight excluding hydrogens is 224 g/mol. The number of thioether (sulfide) groups is 1. The number of aliphatic hydroxyl groups excluding tert-OH is 1. The molecule has 1 aromatic carbocycles. The highest BCUT2D eigenvalue weighted by Gasteiger charge is 2.27. The number of aromatic nitrogens is 2. The fourth-order valence-corrected chi connectivity index (χ4v) is 3.01. The molecule has 4 nitrogen and oxygen atoms in total. The lowest BCUT2D eigenvalue weighted by molar-refractivity contribution is 0.262. The van der Waals surface area contributed by atoms with Crippen LogP contribution in [-0.4, -0.2) is 15.2 Å². The van der Waals surface area contributed by atoms with Crippen molar-refractivity contribution in [3.8, 4) is 0 Å². The zero-order valence-corrected chi connectivity index (χ0v) is 9.28. The average molecular weight is 234 g/mol. The minimum Gasteiger partial charge on any atom is -0.388 e. The predicted molar refractivity (Wildman–Crippen MR) is 59.0 cm³/mol. The Morgan fingerprint density at radius 3 is 3.06 bits per heavy atom. The van der Waals surface area contributed by atoms with E-state index in [1.54, 1.807) is 11.8 Å². The molecule has 1 aliphatic heterocycles. The Balaban J connectivity index is 1.85. The lowest BCUT2D eigenvalue weighted by Crippen LogP contribution is -1.93. The second-order valence-electron chi connectivity index (χ2n) is 3.63. The first kappa shape index (κ1) is 9.86. The van der Waals surface area contributed by atoms with Gasteiger partial charge in [0.05, 0.1) is 5.25 Å². The first-order valence-corrected chi connectivity index (χ1v) is 5.92. The van der Waals surface area contributed by atoms with Crippen LogP contribution in [0.15, 0.2) is 33.7 Å². The van der Waals surface area contributed by atoms with Gasteiger partial charge in [-0.3, -0.25) is 0 Å². The van der Waals surface area contributed by atoms with Gasteiger partial charge in [-0.25, -0.2) is 0 Å². The van der Waals surface area contributed by atoms with E-state index in [1.165, 1.54) is 10.5 Å². The van der Waals surface area contributed by atoms with Crippen molar-refractivity contribution in [1.82, 2.24) is 10.1 Å². The first-order chi connectivity index (χ1) is 7.86. The molecule has 0 bridgehead atoms. The molecule has 0 spiro atoms. The molecule has 0 amide bonds. The number of rotatable bonds is 2. The van der Waals surface area contributed by atoms with Gasteiger partial charge in [-0.15, -0.1) is 11.8 Å². The monoisotopic (exact) mass is 234 g/mol. The summed E-state index contributed by atoms with van der Waals surface area (Å²) in [4.78, 5) is 5.42. The highest BCUT2D eigenvalue weighted by Crippen LogP contribution is 2.45. The number of nitrogens with zero attached hydrogens (tertiary/aromatic N) is 2. The highest BCUT2D eigenvalue weighted by atomic mass is 32.2. The maximum atomic E-state index is 8.88. The second-order valence-corrected chi connectivity index (χ2v) is 4.87. The van der Waals surface area contributed by atoms with Gasteiger partial charge in [0, 0.05) is 4.90 Å². The summed E-state index contributed by atoms with van der Waals surface area (Å²) in [5, 5.41) is 12.8. The van der Waals surface area contributed by atoms with Crippen LogP contribution in [0.5, 0.6) is 0 Å². The third kappa shape index (κ3) is 1.62. The van der Waals surface area contributed by atoms with Crippen LogP contribution >= 0.6 is 11.8 Å². The van der Waals surface area contributed by atoms with Gasteiger partial charge in [0.15, 0.2) is 5.82 Å². The zero-order valence-electron chi connectivity index (χ0n) is 8.46. The molecule has 1 aromatic heterocycles. The van der Waals surface area contributed by atoms with E-state index in [1.807, 2.05) is 12.1 Å². The van der Waals surface area contributed by atoms with Crippen molar-refractivity contribution in [2.24, 2.45) is 0 Å². The van der Waals surface area contributed by atoms with Crippen molar-refractivity contribution in [1.29, 1.82) is 0 Å². The van der Waals surface area contributed by atoms with E-state index in [0.717, 1.165) is 6.42 Å². The molecular formula is C11H10N2O2S. The smallest absolute Gasteiger partial charge is 0.240 e. The molecule has 16 heavy (non-hydrogen) atoms. The Kier molecular flexibility index (Phi) is 2.41. The van der Waals surface area contributed by atoms with E-state index in [9.17, 15) is 0 Å². The molecule has 1 unspecified atom stereocenters. The molecule has 0 saturated heterocycles. The quantitative estimate of drug-likeness (QED) is 0.860. The van der Waals surface area contributed by atoms with Gasteiger partial charge in [-0.2, -0.15) is 4.98 Å². The van der Waals surface area contributed by atoms with Gasteiger partial charge >= 0.3 is 0 Å². The first-order valence-electron chi connectivity index (χ1n) is 5.04. The lowest BCUT2D eigenvalue weighted by Gasteiger charge is -1.99. The van der Waals surface area contributed by atoms with Crippen LogP contribution in [0, 0.1) is 0 Å². The summed E-state index contributed by atoms with van der Waals surface area (Å²) >= 11 is 1.74. The van der Waals surface area contributed by atoms with E-state index in [4.69, 9.17) is 9.63 Å². The van der Waals surface area contributed by atoms with Crippen molar-refractivity contribution < 1.29 is 9.63 Å². The number of fused-ring (bicyclic) bond motifs is 1. The van der Waals surface area contributed by atoms with Crippen molar-refractivity contribution in [3.05, 3.63) is 41.5 Å². The SMILES string of the molecule is OCc1noc(C2Cc3ccccc3S2)n1. The van der Waals surface area contributed by atoms with Gasteiger partial charge in [-0.1, -0.05) is 23.4 Å². The molecule has 3 rings (SSSR count). The Hall–Kier alpha value is -1.33. The summed E-state index contributed by atoms with van der Waals surface area (Å²) in [5.41, 5.74) is 1.32. The Bertz CT molecular complexity index is 487. The molecule has 2 heterocycles. The van der Waals surface area contributed by atoms with Crippen LogP contribution in [-0.2, 0) is 13.0 Å². The fourth-order valence-electron chi connectivity index (χ4n) is 1.78. The molecule has 5 heteroatoms. The van der Waals surface area contributed by atoms with Crippen LogP contribution < -0.4 is 0 Å². The van der Waals surface area contributed by atoms with Crippen LogP contribution in [0.1, 0.15) is 22.5 Å². The largest absolute Gasteiger partial charge is 0.388 e. The van der Waals surface area contributed by atoms with E-state index in [0.29, 0.717) is 11.7 Å². The fraction of sp³-hybridized carbons (Fsp3) is 0.273. The third-order valence-corrected chi connectivity index (χ3v) is 3.85. The summed E-state index contributed by atoms with van der Waals surface area (Å²) in [5.74, 6) is 0.955. The van der Waals surface area contributed by atoms with E-state index in [-0.39, 0.29) is 11.9 Å². The van der Waals surface area contributed by atoms with E-state index in [2.05, 4.69) is 22.3 Å². The van der Waals surface area contributed by atoms with E-state index >= 15 is 0 Å². The highest BCUT2D eigenvalue weighted by molar-refractivity contribution is 7.99. The molecule has 1 N–H and O–H groups in total. The van der Waals surface area contributed by atoms with Gasteiger partial charge < -0.3 is 9.63 Å². The molecule has 1 atom stereocenters. The number of hydrogen-bond acceptors (Lipinski definition) is 5. The molecule has 0 saturated carbocycles. The second kappa shape index (κ2) is 3.92.